The van der Waals surface area contributed by atoms with Crippen LogP contribution in [-0.4, -0.2) is 11.1 Å². The van der Waals surface area contributed by atoms with E-state index in [2.05, 4.69) is 0 Å². The van der Waals surface area contributed by atoms with Crippen LogP contribution in [0.25, 0.3) is 0 Å². The highest BCUT2D eigenvalue weighted by Crippen LogP contribution is 2.29. The zero-order valence-corrected chi connectivity index (χ0v) is 10.8. The summed E-state index contributed by atoms with van der Waals surface area (Å²) in [4.78, 5) is 12.1. The summed E-state index contributed by atoms with van der Waals surface area (Å²) in [5, 5.41) is 11.7. The number of halogens is 2. The van der Waals surface area contributed by atoms with Crippen molar-refractivity contribution in [2.75, 3.05) is 0 Å². The highest BCUT2D eigenvalue weighted by molar-refractivity contribution is 7.10. The average Bonchev–Trinajstić information content (AvgIpc) is 2.73. The highest BCUT2D eigenvalue weighted by atomic mass is 35.5. The van der Waals surface area contributed by atoms with E-state index in [0.717, 1.165) is 4.88 Å². The Labute approximate surface area is 113 Å². The first-order valence-electron chi connectivity index (χ1n) is 5.28. The van der Waals surface area contributed by atoms with Gasteiger partial charge in [-0.2, -0.15) is 0 Å². The minimum atomic E-state index is -0.939. The molecule has 1 atom stereocenters. The summed E-state index contributed by atoms with van der Waals surface area (Å²) in [6.07, 6.45) is 0.317. The molecule has 94 valence electrons. The van der Waals surface area contributed by atoms with Crippen LogP contribution >= 0.6 is 22.9 Å². The largest absolute Gasteiger partial charge is 0.481 e. The molecule has 1 aromatic heterocycles. The number of hydrogen-bond donors (Lipinski definition) is 1. The van der Waals surface area contributed by atoms with Gasteiger partial charge in [-0.05, 0) is 29.1 Å². The Morgan fingerprint density at radius 1 is 1.33 bits per heavy atom. The second-order valence-electron chi connectivity index (χ2n) is 3.84. The van der Waals surface area contributed by atoms with E-state index in [9.17, 15) is 14.3 Å². The standard InChI is InChI=1S/C13H10ClFO2S/c14-11-5-6-18-12(11)7-10(13(16)17)8-1-3-9(15)4-2-8/h1-6,10H,7H2,(H,16,17). The Balaban J connectivity index is 2.27. The molecule has 0 radical (unpaired) electrons. The number of carboxylic acids is 1. The van der Waals surface area contributed by atoms with Crippen molar-refractivity contribution in [2.45, 2.75) is 12.3 Å². The van der Waals surface area contributed by atoms with E-state index in [1.807, 2.05) is 5.38 Å². The first kappa shape index (κ1) is 13.1. The van der Waals surface area contributed by atoms with E-state index in [4.69, 9.17) is 11.6 Å². The van der Waals surface area contributed by atoms with Crippen molar-refractivity contribution in [3.05, 3.63) is 57.0 Å². The monoisotopic (exact) mass is 284 g/mol. The number of carbonyl (C=O) groups is 1. The smallest absolute Gasteiger partial charge is 0.311 e. The van der Waals surface area contributed by atoms with Gasteiger partial charge in [0.2, 0.25) is 0 Å². The van der Waals surface area contributed by atoms with Gasteiger partial charge in [0.1, 0.15) is 5.82 Å². The van der Waals surface area contributed by atoms with Gasteiger partial charge in [-0.15, -0.1) is 11.3 Å². The summed E-state index contributed by atoms with van der Waals surface area (Å²) in [5.74, 6) is -2.02. The molecule has 1 heterocycles. The molecule has 0 fully saturated rings. The fraction of sp³-hybridized carbons (Fsp3) is 0.154. The van der Waals surface area contributed by atoms with Crippen molar-refractivity contribution in [1.29, 1.82) is 0 Å². The van der Waals surface area contributed by atoms with Crippen LogP contribution < -0.4 is 0 Å². The van der Waals surface area contributed by atoms with Gasteiger partial charge in [0, 0.05) is 11.3 Å². The quantitative estimate of drug-likeness (QED) is 0.923. The molecule has 0 aliphatic carbocycles. The number of hydrogen-bond acceptors (Lipinski definition) is 2. The van der Waals surface area contributed by atoms with Gasteiger partial charge >= 0.3 is 5.97 Å². The fourth-order valence-electron chi connectivity index (χ4n) is 1.70. The van der Waals surface area contributed by atoms with Crippen LogP contribution in [0.15, 0.2) is 35.7 Å². The Hall–Kier alpha value is -1.39. The maximum Gasteiger partial charge on any atom is 0.311 e. The summed E-state index contributed by atoms with van der Waals surface area (Å²) < 4.78 is 12.8. The number of aliphatic carboxylic acids is 1. The predicted molar refractivity (Wildman–Crippen MR) is 69.8 cm³/mol. The lowest BCUT2D eigenvalue weighted by molar-refractivity contribution is -0.138. The SMILES string of the molecule is O=C(O)C(Cc1sccc1Cl)c1ccc(F)cc1. The Morgan fingerprint density at radius 2 is 2.00 bits per heavy atom. The predicted octanol–water partition coefficient (Wildman–Crippen LogP) is 3.95. The molecule has 1 aromatic carbocycles. The van der Waals surface area contributed by atoms with E-state index >= 15 is 0 Å². The third kappa shape index (κ3) is 2.89. The molecular formula is C13H10ClFO2S. The maximum absolute atomic E-state index is 12.8. The molecule has 0 bridgehead atoms. The second-order valence-corrected chi connectivity index (χ2v) is 5.25. The normalized spacial score (nSPS) is 12.3. The second kappa shape index (κ2) is 5.50. The molecule has 1 N–H and O–H groups in total. The van der Waals surface area contributed by atoms with Gasteiger partial charge in [-0.1, -0.05) is 23.7 Å². The molecular weight excluding hydrogens is 275 g/mol. The van der Waals surface area contributed by atoms with Crippen molar-refractivity contribution in [2.24, 2.45) is 0 Å². The maximum atomic E-state index is 12.8. The Bertz CT molecular complexity index is 550. The molecule has 0 aliphatic rings. The molecule has 2 rings (SSSR count). The van der Waals surface area contributed by atoms with E-state index in [1.165, 1.54) is 35.6 Å². The summed E-state index contributed by atoms with van der Waals surface area (Å²) in [6, 6.07) is 7.26. The first-order valence-corrected chi connectivity index (χ1v) is 6.54. The molecule has 0 saturated carbocycles. The molecule has 1 unspecified atom stereocenters. The number of carboxylic acid groups (broad SMARTS) is 1. The van der Waals surface area contributed by atoms with E-state index in [1.54, 1.807) is 6.07 Å². The summed E-state index contributed by atoms with van der Waals surface area (Å²) in [7, 11) is 0. The van der Waals surface area contributed by atoms with Crippen molar-refractivity contribution < 1.29 is 14.3 Å². The zero-order valence-electron chi connectivity index (χ0n) is 9.27. The zero-order chi connectivity index (χ0) is 13.1. The van der Waals surface area contributed by atoms with E-state index in [0.29, 0.717) is 17.0 Å². The summed E-state index contributed by atoms with van der Waals surface area (Å²) >= 11 is 7.38. The number of thiophene rings is 1. The molecule has 2 aromatic rings. The fourth-order valence-corrected chi connectivity index (χ4v) is 2.86. The molecule has 5 heteroatoms. The molecule has 0 aliphatic heterocycles. The highest BCUT2D eigenvalue weighted by Gasteiger charge is 2.22. The van der Waals surface area contributed by atoms with E-state index < -0.39 is 11.9 Å². The van der Waals surface area contributed by atoms with Gasteiger partial charge in [-0.25, -0.2) is 4.39 Å². The van der Waals surface area contributed by atoms with Crippen molar-refractivity contribution in [1.82, 2.24) is 0 Å². The lowest BCUT2D eigenvalue weighted by Gasteiger charge is -2.12. The molecule has 0 amide bonds. The average molecular weight is 285 g/mol. The van der Waals surface area contributed by atoms with Crippen LogP contribution in [0.4, 0.5) is 4.39 Å². The third-order valence-electron chi connectivity index (χ3n) is 2.65. The van der Waals surface area contributed by atoms with Crippen LogP contribution in [0.5, 0.6) is 0 Å². The van der Waals surface area contributed by atoms with Crippen LogP contribution in [-0.2, 0) is 11.2 Å². The Kier molecular flexibility index (Phi) is 3.99. The van der Waals surface area contributed by atoms with Crippen molar-refractivity contribution in [3.8, 4) is 0 Å². The van der Waals surface area contributed by atoms with Gasteiger partial charge in [0.15, 0.2) is 0 Å². The minimum absolute atomic E-state index is 0.317. The first-order chi connectivity index (χ1) is 8.58. The topological polar surface area (TPSA) is 37.3 Å². The summed E-state index contributed by atoms with van der Waals surface area (Å²) in [5.41, 5.74) is 0.577. The van der Waals surface area contributed by atoms with Crippen LogP contribution in [0, 0.1) is 5.82 Å². The minimum Gasteiger partial charge on any atom is -0.481 e. The lowest BCUT2D eigenvalue weighted by atomic mass is 9.95. The Morgan fingerprint density at radius 3 is 2.50 bits per heavy atom. The van der Waals surface area contributed by atoms with Crippen LogP contribution in [0.1, 0.15) is 16.4 Å². The summed E-state index contributed by atoms with van der Waals surface area (Å²) in [6.45, 7) is 0. The van der Waals surface area contributed by atoms with Crippen molar-refractivity contribution >= 4 is 28.9 Å². The van der Waals surface area contributed by atoms with Gasteiger partial charge < -0.3 is 5.11 Å². The number of benzene rings is 1. The molecule has 18 heavy (non-hydrogen) atoms. The van der Waals surface area contributed by atoms with E-state index in [-0.39, 0.29) is 5.82 Å². The third-order valence-corrected chi connectivity index (χ3v) is 4.06. The van der Waals surface area contributed by atoms with Crippen LogP contribution in [0.2, 0.25) is 5.02 Å². The number of rotatable bonds is 4. The van der Waals surface area contributed by atoms with Gasteiger partial charge in [-0.3, -0.25) is 4.79 Å². The molecule has 0 spiro atoms. The van der Waals surface area contributed by atoms with Crippen LogP contribution in [0.3, 0.4) is 0 Å². The molecule has 0 saturated heterocycles. The van der Waals surface area contributed by atoms with Crippen molar-refractivity contribution in [3.63, 3.8) is 0 Å². The lowest BCUT2D eigenvalue weighted by Crippen LogP contribution is -2.14. The molecule has 2 nitrogen and oxygen atoms in total. The van der Waals surface area contributed by atoms with Gasteiger partial charge in [0.25, 0.3) is 0 Å². The van der Waals surface area contributed by atoms with Gasteiger partial charge in [0.05, 0.1) is 10.9 Å².